The predicted molar refractivity (Wildman–Crippen MR) is 134 cm³/mol. The van der Waals surface area contributed by atoms with Crippen LogP contribution in [0.15, 0.2) is 33.6 Å². The van der Waals surface area contributed by atoms with Crippen LogP contribution in [0.2, 0.25) is 0 Å². The van der Waals surface area contributed by atoms with Gasteiger partial charge in [0.1, 0.15) is 27.3 Å². The second kappa shape index (κ2) is 9.16. The molecule has 5 rings (SSSR count). The van der Waals surface area contributed by atoms with Gasteiger partial charge in [-0.2, -0.15) is 0 Å². The Morgan fingerprint density at radius 3 is 2.85 bits per heavy atom. The number of aryl methyl sites for hydroxylation is 1. The second-order valence-electron chi connectivity index (χ2n) is 9.11. The van der Waals surface area contributed by atoms with Gasteiger partial charge in [-0.1, -0.05) is 30.4 Å². The van der Waals surface area contributed by atoms with Gasteiger partial charge in [0.2, 0.25) is 0 Å². The fourth-order valence-electron chi connectivity index (χ4n) is 5.45. The standard InChI is InChI=1S/C25H28N2O4S2/c1-30-19-10-17(9-18(28)12-19)21-11-16(3-2-6-26)22(31-21)13-23-24(29)27(25(32)33-23)20-8-14-4-5-15(20)7-14/h9-15,20,28H,2-8,26H2,1H3. The molecule has 3 aliphatic rings. The molecule has 2 bridgehead atoms. The van der Waals surface area contributed by atoms with Crippen molar-refractivity contribution in [1.29, 1.82) is 0 Å². The zero-order valence-electron chi connectivity index (χ0n) is 18.6. The number of furan rings is 1. The quantitative estimate of drug-likeness (QED) is 0.425. The van der Waals surface area contributed by atoms with E-state index in [1.165, 1.54) is 31.0 Å². The highest BCUT2D eigenvalue weighted by Gasteiger charge is 2.48. The number of amides is 1. The van der Waals surface area contributed by atoms with Crippen LogP contribution >= 0.6 is 24.0 Å². The van der Waals surface area contributed by atoms with E-state index >= 15 is 0 Å². The molecule has 174 valence electrons. The summed E-state index contributed by atoms with van der Waals surface area (Å²) in [5, 5.41) is 10.1. The van der Waals surface area contributed by atoms with E-state index in [1.807, 2.05) is 23.1 Å². The van der Waals surface area contributed by atoms with Gasteiger partial charge in [0.05, 0.1) is 12.0 Å². The minimum absolute atomic E-state index is 0.00991. The lowest BCUT2D eigenvalue weighted by molar-refractivity contribution is -0.124. The molecule has 3 N–H and O–H groups in total. The molecule has 1 aromatic heterocycles. The van der Waals surface area contributed by atoms with Crippen molar-refractivity contribution in [1.82, 2.24) is 4.90 Å². The number of carbonyl (C=O) groups excluding carboxylic acids is 1. The van der Waals surface area contributed by atoms with Crippen LogP contribution < -0.4 is 10.5 Å². The Hall–Kier alpha value is -2.29. The third-order valence-corrected chi connectivity index (χ3v) is 8.35. The van der Waals surface area contributed by atoms with Crippen molar-refractivity contribution in [2.24, 2.45) is 17.6 Å². The van der Waals surface area contributed by atoms with Gasteiger partial charge in [0.15, 0.2) is 0 Å². The summed E-state index contributed by atoms with van der Waals surface area (Å²) in [4.78, 5) is 15.8. The second-order valence-corrected chi connectivity index (χ2v) is 10.8. The minimum Gasteiger partial charge on any atom is -0.508 e. The van der Waals surface area contributed by atoms with Crippen LogP contribution in [0.5, 0.6) is 11.5 Å². The van der Waals surface area contributed by atoms with E-state index in [4.69, 9.17) is 27.1 Å². The van der Waals surface area contributed by atoms with Crippen LogP contribution in [0.3, 0.4) is 0 Å². The molecule has 1 amide bonds. The van der Waals surface area contributed by atoms with E-state index in [1.54, 1.807) is 19.2 Å². The van der Waals surface area contributed by atoms with Gasteiger partial charge in [-0.05, 0) is 74.2 Å². The number of rotatable bonds is 7. The molecule has 1 saturated heterocycles. The number of hydrogen-bond donors (Lipinski definition) is 2. The van der Waals surface area contributed by atoms with Crippen LogP contribution in [0, 0.1) is 11.8 Å². The molecule has 8 heteroatoms. The van der Waals surface area contributed by atoms with E-state index in [9.17, 15) is 9.90 Å². The molecule has 3 unspecified atom stereocenters. The van der Waals surface area contributed by atoms with Crippen LogP contribution in [0.4, 0.5) is 0 Å². The van der Waals surface area contributed by atoms with Gasteiger partial charge in [-0.3, -0.25) is 9.69 Å². The highest BCUT2D eigenvalue weighted by molar-refractivity contribution is 8.26. The van der Waals surface area contributed by atoms with Crippen molar-refractivity contribution in [3.63, 3.8) is 0 Å². The normalized spacial score (nSPS) is 25.6. The highest BCUT2D eigenvalue weighted by atomic mass is 32.2. The van der Waals surface area contributed by atoms with E-state index < -0.39 is 0 Å². The zero-order valence-corrected chi connectivity index (χ0v) is 20.2. The number of carbonyl (C=O) groups is 1. The third-order valence-electron chi connectivity index (χ3n) is 7.02. The zero-order chi connectivity index (χ0) is 23.1. The Morgan fingerprint density at radius 1 is 1.30 bits per heavy atom. The maximum Gasteiger partial charge on any atom is 0.266 e. The summed E-state index contributed by atoms with van der Waals surface area (Å²) in [6.07, 6.45) is 8.12. The Bertz CT molecular complexity index is 1130. The summed E-state index contributed by atoms with van der Waals surface area (Å²) >= 11 is 6.99. The largest absolute Gasteiger partial charge is 0.508 e. The molecule has 2 aromatic rings. The first-order chi connectivity index (χ1) is 16.0. The number of ether oxygens (including phenoxy) is 1. The molecule has 3 atom stereocenters. The van der Waals surface area contributed by atoms with Crippen molar-refractivity contribution in [2.45, 2.75) is 44.6 Å². The number of nitrogens with zero attached hydrogens (tertiary/aromatic N) is 1. The molecule has 2 heterocycles. The Labute approximate surface area is 203 Å². The lowest BCUT2D eigenvalue weighted by Crippen LogP contribution is -2.41. The Morgan fingerprint density at radius 2 is 2.15 bits per heavy atom. The molecular weight excluding hydrogens is 456 g/mol. The van der Waals surface area contributed by atoms with Gasteiger partial charge in [0, 0.05) is 23.7 Å². The average molecular weight is 485 g/mol. The van der Waals surface area contributed by atoms with Crippen LogP contribution in [0.25, 0.3) is 17.4 Å². The molecule has 0 radical (unpaired) electrons. The molecule has 3 fully saturated rings. The molecule has 33 heavy (non-hydrogen) atoms. The summed E-state index contributed by atoms with van der Waals surface area (Å²) in [5.41, 5.74) is 7.42. The van der Waals surface area contributed by atoms with Gasteiger partial charge < -0.3 is 20.0 Å². The molecular formula is C25H28N2O4S2. The summed E-state index contributed by atoms with van der Waals surface area (Å²) in [5.74, 6) is 3.18. The van der Waals surface area contributed by atoms with Crippen molar-refractivity contribution in [3.05, 3.63) is 40.5 Å². The maximum absolute atomic E-state index is 13.4. The van der Waals surface area contributed by atoms with E-state index in [-0.39, 0.29) is 17.7 Å². The number of methoxy groups -OCH3 is 1. The predicted octanol–water partition coefficient (Wildman–Crippen LogP) is 4.94. The fraction of sp³-hybridized carbons (Fsp3) is 0.440. The SMILES string of the molecule is COc1cc(O)cc(-c2cc(CCCN)c(C=C3SC(=S)N(C4CC5CCC4C5)C3=O)o2)c1. The van der Waals surface area contributed by atoms with Crippen molar-refractivity contribution in [3.8, 4) is 22.8 Å². The smallest absolute Gasteiger partial charge is 0.266 e. The van der Waals surface area contributed by atoms with Crippen LogP contribution in [0.1, 0.15) is 43.4 Å². The summed E-state index contributed by atoms with van der Waals surface area (Å²) in [6.45, 7) is 0.562. The van der Waals surface area contributed by atoms with Crippen molar-refractivity contribution >= 4 is 40.3 Å². The number of fused-ring (bicyclic) bond motifs is 2. The van der Waals surface area contributed by atoms with Gasteiger partial charge in [0.25, 0.3) is 5.91 Å². The van der Waals surface area contributed by atoms with Crippen molar-refractivity contribution < 1.29 is 19.1 Å². The molecule has 6 nitrogen and oxygen atoms in total. The summed E-state index contributed by atoms with van der Waals surface area (Å²) < 4.78 is 12.1. The first-order valence-corrected chi connectivity index (χ1v) is 12.7. The molecule has 2 saturated carbocycles. The van der Waals surface area contributed by atoms with E-state index in [2.05, 4.69) is 0 Å². The number of hydrogen-bond acceptors (Lipinski definition) is 7. The highest BCUT2D eigenvalue weighted by Crippen LogP contribution is 2.49. The minimum atomic E-state index is -0.00991. The molecule has 0 spiro atoms. The first kappa shape index (κ1) is 22.5. The number of aromatic hydroxyl groups is 1. The third kappa shape index (κ3) is 4.32. The lowest BCUT2D eigenvalue weighted by atomic mass is 9.94. The number of phenolic OH excluding ortho intramolecular Hbond substituents is 1. The number of benzene rings is 1. The Balaban J connectivity index is 1.46. The average Bonchev–Trinajstić information content (AvgIpc) is 3.57. The van der Waals surface area contributed by atoms with Gasteiger partial charge in [-0.15, -0.1) is 0 Å². The molecule has 1 aliphatic heterocycles. The molecule has 1 aromatic carbocycles. The van der Waals surface area contributed by atoms with Crippen LogP contribution in [-0.2, 0) is 11.2 Å². The summed E-state index contributed by atoms with van der Waals surface area (Å²) in [7, 11) is 1.55. The van der Waals surface area contributed by atoms with E-state index in [0.29, 0.717) is 44.5 Å². The lowest BCUT2D eigenvalue weighted by Gasteiger charge is -2.30. The van der Waals surface area contributed by atoms with Gasteiger partial charge in [-0.25, -0.2) is 0 Å². The monoisotopic (exact) mass is 484 g/mol. The van der Waals surface area contributed by atoms with Gasteiger partial charge >= 0.3 is 0 Å². The molecule has 2 aliphatic carbocycles. The van der Waals surface area contributed by atoms with E-state index in [0.717, 1.165) is 30.7 Å². The first-order valence-electron chi connectivity index (χ1n) is 11.4. The number of nitrogens with two attached hydrogens (primary N) is 1. The topological polar surface area (TPSA) is 88.9 Å². The number of thiocarbonyl (C=S) groups is 1. The van der Waals surface area contributed by atoms with Crippen molar-refractivity contribution in [2.75, 3.05) is 13.7 Å². The number of thioether (sulfide) groups is 1. The number of phenols is 1. The maximum atomic E-state index is 13.4. The van der Waals surface area contributed by atoms with Crippen LogP contribution in [-0.4, -0.2) is 39.9 Å². The fourth-order valence-corrected chi connectivity index (χ4v) is 6.79. The summed E-state index contributed by atoms with van der Waals surface area (Å²) in [6, 6.07) is 7.18. The Kier molecular flexibility index (Phi) is 6.24.